The minimum atomic E-state index is -0.00958. The summed E-state index contributed by atoms with van der Waals surface area (Å²) in [5.74, 6) is 0.801. The lowest BCUT2D eigenvalue weighted by molar-refractivity contribution is -0.130. The summed E-state index contributed by atoms with van der Waals surface area (Å²) in [7, 11) is 1.62. The third-order valence-electron chi connectivity index (χ3n) is 4.74. The molecule has 0 unspecified atom stereocenters. The lowest BCUT2D eigenvalue weighted by Crippen LogP contribution is -2.38. The summed E-state index contributed by atoms with van der Waals surface area (Å²) < 4.78 is 5.38. The number of hydrogen-bond acceptors (Lipinski definition) is 3. The summed E-state index contributed by atoms with van der Waals surface area (Å²) in [6.07, 6.45) is 2.84. The Labute approximate surface area is 153 Å². The number of hydrogen-bond donors (Lipinski definition) is 1. The van der Waals surface area contributed by atoms with Crippen molar-refractivity contribution in [1.29, 1.82) is 0 Å². The average Bonchev–Trinajstić information content (AvgIpc) is 3.05. The van der Waals surface area contributed by atoms with Crippen molar-refractivity contribution in [2.45, 2.75) is 19.8 Å². The molecule has 0 atom stereocenters. The highest BCUT2D eigenvalue weighted by Gasteiger charge is 2.23. The Morgan fingerprint density at radius 2 is 1.88 bits per heavy atom. The fourth-order valence-corrected chi connectivity index (χ4v) is 3.32. The smallest absolute Gasteiger partial charge is 0.270 e. The molecule has 26 heavy (non-hydrogen) atoms. The first-order chi connectivity index (χ1) is 12.6. The maximum atomic E-state index is 12.8. The van der Waals surface area contributed by atoms with E-state index in [4.69, 9.17) is 4.74 Å². The number of carbonyl (C=O) groups excluding carboxylic acids is 2. The first-order valence-electron chi connectivity index (χ1n) is 8.92. The van der Waals surface area contributed by atoms with E-state index in [9.17, 15) is 9.59 Å². The summed E-state index contributed by atoms with van der Waals surface area (Å²) in [6, 6.07) is 9.46. The molecular weight excluding hydrogens is 330 g/mol. The van der Waals surface area contributed by atoms with Gasteiger partial charge in [-0.1, -0.05) is 17.7 Å². The molecule has 6 nitrogen and oxygen atoms in total. The Hall–Kier alpha value is -2.76. The van der Waals surface area contributed by atoms with Crippen LogP contribution >= 0.6 is 0 Å². The van der Waals surface area contributed by atoms with Crippen LogP contribution in [0.3, 0.4) is 0 Å². The number of rotatable bonds is 4. The summed E-state index contributed by atoms with van der Waals surface area (Å²) in [5.41, 5.74) is 2.60. The normalized spacial score (nSPS) is 14.8. The minimum absolute atomic E-state index is 0.00958. The standard InChI is InChI=1S/C20H25N3O3/c1-15-6-7-18(26-2)16(13-15)14-19(24)22-9-4-10-23(12-11-22)20(25)17-5-3-8-21-17/h3,5-8,13,21H,4,9-12,14H2,1-2H3. The predicted octanol–water partition coefficient (Wildman–Crippen LogP) is 2.25. The van der Waals surface area contributed by atoms with Crippen molar-refractivity contribution in [2.24, 2.45) is 0 Å². The number of ether oxygens (including phenoxy) is 1. The van der Waals surface area contributed by atoms with Gasteiger partial charge in [0.2, 0.25) is 5.91 Å². The topological polar surface area (TPSA) is 65.6 Å². The second-order valence-electron chi connectivity index (χ2n) is 6.60. The van der Waals surface area contributed by atoms with E-state index in [1.807, 2.05) is 41.0 Å². The van der Waals surface area contributed by atoms with Gasteiger partial charge >= 0.3 is 0 Å². The largest absolute Gasteiger partial charge is 0.496 e. The molecule has 1 fully saturated rings. The van der Waals surface area contributed by atoms with Crippen LogP contribution in [0, 0.1) is 6.92 Å². The van der Waals surface area contributed by atoms with Gasteiger partial charge in [-0.2, -0.15) is 0 Å². The summed E-state index contributed by atoms with van der Waals surface area (Å²) in [6.45, 7) is 4.44. The molecule has 1 aromatic heterocycles. The molecule has 0 saturated carbocycles. The molecule has 0 spiro atoms. The zero-order valence-corrected chi connectivity index (χ0v) is 15.3. The van der Waals surface area contributed by atoms with Crippen LogP contribution in [0.4, 0.5) is 0 Å². The van der Waals surface area contributed by atoms with Crippen LogP contribution in [0.5, 0.6) is 5.75 Å². The lowest BCUT2D eigenvalue weighted by atomic mass is 10.1. The van der Waals surface area contributed by atoms with Crippen molar-refractivity contribution in [1.82, 2.24) is 14.8 Å². The minimum Gasteiger partial charge on any atom is -0.496 e. The third-order valence-corrected chi connectivity index (χ3v) is 4.74. The SMILES string of the molecule is COc1ccc(C)cc1CC(=O)N1CCCN(C(=O)c2ccc[nH]2)CC1. The second kappa shape index (κ2) is 8.08. The number of H-pyrrole nitrogens is 1. The molecular formula is C20H25N3O3. The number of aromatic amines is 1. The van der Waals surface area contributed by atoms with Crippen molar-refractivity contribution in [3.8, 4) is 5.75 Å². The fraction of sp³-hybridized carbons (Fsp3) is 0.400. The van der Waals surface area contributed by atoms with E-state index in [0.717, 1.165) is 23.3 Å². The average molecular weight is 355 g/mol. The van der Waals surface area contributed by atoms with Gasteiger partial charge in [0.15, 0.2) is 0 Å². The Kier molecular flexibility index (Phi) is 5.61. The molecule has 1 N–H and O–H groups in total. The highest BCUT2D eigenvalue weighted by Crippen LogP contribution is 2.21. The quantitative estimate of drug-likeness (QED) is 0.915. The molecule has 0 radical (unpaired) electrons. The Morgan fingerprint density at radius 3 is 2.62 bits per heavy atom. The third kappa shape index (κ3) is 4.07. The van der Waals surface area contributed by atoms with E-state index in [2.05, 4.69) is 4.98 Å². The van der Waals surface area contributed by atoms with E-state index in [1.54, 1.807) is 19.4 Å². The van der Waals surface area contributed by atoms with Crippen molar-refractivity contribution in [3.63, 3.8) is 0 Å². The number of amides is 2. The van der Waals surface area contributed by atoms with Crippen molar-refractivity contribution >= 4 is 11.8 Å². The van der Waals surface area contributed by atoms with Gasteiger partial charge in [0.1, 0.15) is 11.4 Å². The molecule has 1 aliphatic rings. The number of aromatic nitrogens is 1. The van der Waals surface area contributed by atoms with Crippen LogP contribution in [-0.4, -0.2) is 59.9 Å². The molecule has 6 heteroatoms. The van der Waals surface area contributed by atoms with E-state index in [0.29, 0.717) is 38.3 Å². The van der Waals surface area contributed by atoms with E-state index in [-0.39, 0.29) is 11.8 Å². The summed E-state index contributed by atoms with van der Waals surface area (Å²) in [4.78, 5) is 31.9. The highest BCUT2D eigenvalue weighted by atomic mass is 16.5. The van der Waals surface area contributed by atoms with Crippen LogP contribution in [0.15, 0.2) is 36.5 Å². The molecule has 2 aromatic rings. The number of methoxy groups -OCH3 is 1. The zero-order valence-electron chi connectivity index (χ0n) is 15.3. The van der Waals surface area contributed by atoms with Crippen LogP contribution in [0.25, 0.3) is 0 Å². The predicted molar refractivity (Wildman–Crippen MR) is 99.3 cm³/mol. The second-order valence-corrected chi connectivity index (χ2v) is 6.60. The first-order valence-corrected chi connectivity index (χ1v) is 8.92. The lowest BCUT2D eigenvalue weighted by Gasteiger charge is -2.22. The van der Waals surface area contributed by atoms with Crippen molar-refractivity contribution in [2.75, 3.05) is 33.3 Å². The van der Waals surface area contributed by atoms with Gasteiger partial charge in [0.25, 0.3) is 5.91 Å². The number of nitrogens with zero attached hydrogens (tertiary/aromatic N) is 2. The Morgan fingerprint density at radius 1 is 1.12 bits per heavy atom. The maximum absolute atomic E-state index is 12.8. The van der Waals surface area contributed by atoms with Crippen LogP contribution in [0.1, 0.15) is 28.0 Å². The monoisotopic (exact) mass is 355 g/mol. The molecule has 138 valence electrons. The van der Waals surface area contributed by atoms with Crippen LogP contribution in [-0.2, 0) is 11.2 Å². The first kappa shape index (κ1) is 18.0. The van der Waals surface area contributed by atoms with Gasteiger partial charge < -0.3 is 19.5 Å². The van der Waals surface area contributed by atoms with Gasteiger partial charge in [-0.15, -0.1) is 0 Å². The number of benzene rings is 1. The van der Waals surface area contributed by atoms with Gasteiger partial charge in [0, 0.05) is 37.9 Å². The summed E-state index contributed by atoms with van der Waals surface area (Å²) in [5, 5.41) is 0. The molecule has 3 rings (SSSR count). The fourth-order valence-electron chi connectivity index (χ4n) is 3.32. The van der Waals surface area contributed by atoms with Gasteiger partial charge in [-0.25, -0.2) is 0 Å². The van der Waals surface area contributed by atoms with Crippen molar-refractivity contribution < 1.29 is 14.3 Å². The van der Waals surface area contributed by atoms with Gasteiger partial charge in [0.05, 0.1) is 13.5 Å². The van der Waals surface area contributed by atoms with E-state index in [1.165, 1.54) is 0 Å². The molecule has 0 aliphatic carbocycles. The Bertz CT molecular complexity index is 771. The number of nitrogens with one attached hydrogen (secondary N) is 1. The van der Waals surface area contributed by atoms with Crippen LogP contribution in [0.2, 0.25) is 0 Å². The molecule has 1 aromatic carbocycles. The molecule has 2 amide bonds. The van der Waals surface area contributed by atoms with Crippen LogP contribution < -0.4 is 4.74 Å². The number of carbonyl (C=O) groups is 2. The molecule has 0 bridgehead atoms. The summed E-state index contributed by atoms with van der Waals surface area (Å²) >= 11 is 0. The maximum Gasteiger partial charge on any atom is 0.270 e. The molecule has 1 aliphatic heterocycles. The molecule has 2 heterocycles. The van der Waals surface area contributed by atoms with E-state index < -0.39 is 0 Å². The van der Waals surface area contributed by atoms with Crippen molar-refractivity contribution in [3.05, 3.63) is 53.3 Å². The Balaban J connectivity index is 1.63. The molecule has 1 saturated heterocycles. The van der Waals surface area contributed by atoms with Gasteiger partial charge in [-0.3, -0.25) is 9.59 Å². The number of aryl methyl sites for hydroxylation is 1. The van der Waals surface area contributed by atoms with Gasteiger partial charge in [-0.05, 0) is 31.5 Å². The zero-order chi connectivity index (χ0) is 18.5. The van der Waals surface area contributed by atoms with E-state index >= 15 is 0 Å². The highest BCUT2D eigenvalue weighted by molar-refractivity contribution is 5.92.